The lowest BCUT2D eigenvalue weighted by atomic mass is 10.2. The highest BCUT2D eigenvalue weighted by molar-refractivity contribution is 5.56. The highest BCUT2D eigenvalue weighted by atomic mass is 19.1. The van der Waals surface area contributed by atoms with E-state index in [0.29, 0.717) is 18.2 Å². The molecule has 1 aromatic heterocycles. The molecule has 0 atom stereocenters. The van der Waals surface area contributed by atoms with Crippen LogP contribution in [0.1, 0.15) is 12.7 Å². The average Bonchev–Trinajstić information content (AvgIpc) is 2.74. The maximum Gasteiger partial charge on any atom is 0.167 e. The minimum atomic E-state index is -0.530. The number of hydrogen-bond acceptors (Lipinski definition) is 3. The fraction of sp³-hybridized carbons (Fsp3) is 0.273. The molecule has 2 rings (SSSR count). The first-order valence-electron chi connectivity index (χ1n) is 5.25. The predicted octanol–water partition coefficient (Wildman–Crippen LogP) is 1.70. The van der Waals surface area contributed by atoms with E-state index in [4.69, 9.17) is 5.73 Å². The van der Waals surface area contributed by atoms with E-state index in [1.807, 2.05) is 6.92 Å². The molecule has 0 saturated heterocycles. The van der Waals surface area contributed by atoms with E-state index in [2.05, 4.69) is 10.2 Å². The molecule has 1 aromatic carbocycles. The molecule has 0 unspecified atom stereocenters. The molecule has 0 aliphatic carbocycles. The highest BCUT2D eigenvalue weighted by Crippen LogP contribution is 2.22. The van der Waals surface area contributed by atoms with Crippen LogP contribution in [0.4, 0.5) is 8.78 Å². The molecule has 0 radical (unpaired) electrons. The molecule has 2 aromatic rings. The Hall–Kier alpha value is -1.82. The summed E-state index contributed by atoms with van der Waals surface area (Å²) in [6.45, 7) is 2.62. The topological polar surface area (TPSA) is 56.7 Å². The lowest BCUT2D eigenvalue weighted by molar-refractivity contribution is 0.599. The van der Waals surface area contributed by atoms with E-state index < -0.39 is 11.6 Å². The van der Waals surface area contributed by atoms with Crippen molar-refractivity contribution in [3.8, 4) is 11.4 Å². The Kier molecular flexibility index (Phi) is 3.14. The van der Waals surface area contributed by atoms with Gasteiger partial charge in [-0.1, -0.05) is 0 Å². The van der Waals surface area contributed by atoms with Crippen molar-refractivity contribution in [3.63, 3.8) is 0 Å². The predicted molar refractivity (Wildman–Crippen MR) is 58.9 cm³/mol. The van der Waals surface area contributed by atoms with Gasteiger partial charge in [0.2, 0.25) is 0 Å². The second-order valence-electron chi connectivity index (χ2n) is 3.51. The Morgan fingerprint density at radius 2 is 2.06 bits per heavy atom. The van der Waals surface area contributed by atoms with Crippen LogP contribution < -0.4 is 5.73 Å². The van der Waals surface area contributed by atoms with Gasteiger partial charge in [0.25, 0.3) is 0 Å². The summed E-state index contributed by atoms with van der Waals surface area (Å²) in [5.74, 6) is -0.200. The Bertz CT molecular complexity index is 536. The van der Waals surface area contributed by atoms with Gasteiger partial charge in [0, 0.05) is 6.54 Å². The van der Waals surface area contributed by atoms with E-state index in [9.17, 15) is 8.78 Å². The van der Waals surface area contributed by atoms with E-state index in [1.54, 1.807) is 4.57 Å². The van der Waals surface area contributed by atoms with Gasteiger partial charge in [-0.25, -0.2) is 8.78 Å². The van der Waals surface area contributed by atoms with Crippen LogP contribution in [0.15, 0.2) is 18.2 Å². The van der Waals surface area contributed by atoms with Crippen LogP contribution in [0, 0.1) is 11.6 Å². The molecular formula is C11H12F2N4. The molecule has 0 bridgehead atoms. The van der Waals surface area contributed by atoms with Gasteiger partial charge >= 0.3 is 0 Å². The number of benzene rings is 1. The summed E-state index contributed by atoms with van der Waals surface area (Å²) in [6.07, 6.45) is 0. The van der Waals surface area contributed by atoms with Gasteiger partial charge in [-0.3, -0.25) is 0 Å². The maximum atomic E-state index is 13.6. The summed E-state index contributed by atoms with van der Waals surface area (Å²) in [5, 5.41) is 7.71. The smallest absolute Gasteiger partial charge is 0.167 e. The highest BCUT2D eigenvalue weighted by Gasteiger charge is 2.15. The first kappa shape index (κ1) is 11.7. The SMILES string of the molecule is CCn1c(CN)nnc1-c1cc(F)ccc1F. The van der Waals surface area contributed by atoms with Crippen LogP contribution in [0.2, 0.25) is 0 Å². The van der Waals surface area contributed by atoms with Crippen LogP contribution in [0.3, 0.4) is 0 Å². The Morgan fingerprint density at radius 1 is 1.29 bits per heavy atom. The molecular weight excluding hydrogens is 226 g/mol. The zero-order valence-electron chi connectivity index (χ0n) is 9.32. The van der Waals surface area contributed by atoms with Crippen LogP contribution in [-0.2, 0) is 13.1 Å². The molecule has 4 nitrogen and oxygen atoms in total. The fourth-order valence-corrected chi connectivity index (χ4v) is 1.69. The van der Waals surface area contributed by atoms with Gasteiger partial charge in [0.05, 0.1) is 12.1 Å². The molecule has 0 aliphatic heterocycles. The molecule has 1 heterocycles. The lowest BCUT2D eigenvalue weighted by Crippen LogP contribution is -2.08. The van der Waals surface area contributed by atoms with Gasteiger partial charge in [0.15, 0.2) is 5.82 Å². The van der Waals surface area contributed by atoms with E-state index in [0.717, 1.165) is 18.2 Å². The van der Waals surface area contributed by atoms with Crippen LogP contribution in [-0.4, -0.2) is 14.8 Å². The third kappa shape index (κ3) is 2.03. The van der Waals surface area contributed by atoms with Crippen LogP contribution >= 0.6 is 0 Å². The summed E-state index contributed by atoms with van der Waals surface area (Å²) in [5.41, 5.74) is 5.59. The number of rotatable bonds is 3. The maximum absolute atomic E-state index is 13.6. The summed E-state index contributed by atoms with van der Waals surface area (Å²) in [4.78, 5) is 0. The van der Waals surface area contributed by atoms with Crippen molar-refractivity contribution in [2.45, 2.75) is 20.0 Å². The van der Waals surface area contributed by atoms with Crippen molar-refractivity contribution in [1.82, 2.24) is 14.8 Å². The van der Waals surface area contributed by atoms with Crippen molar-refractivity contribution >= 4 is 0 Å². The molecule has 0 fully saturated rings. The first-order valence-corrected chi connectivity index (χ1v) is 5.25. The standard InChI is InChI=1S/C11H12F2N4/c1-2-17-10(6-14)15-16-11(17)8-5-7(12)3-4-9(8)13/h3-5H,2,6,14H2,1H3. The number of hydrogen-bond donors (Lipinski definition) is 1. The Morgan fingerprint density at radius 3 is 2.71 bits per heavy atom. The zero-order chi connectivity index (χ0) is 12.4. The number of nitrogens with two attached hydrogens (primary N) is 1. The van der Waals surface area contributed by atoms with Gasteiger partial charge in [-0.2, -0.15) is 0 Å². The molecule has 0 aliphatic rings. The molecule has 0 spiro atoms. The normalized spacial score (nSPS) is 10.8. The monoisotopic (exact) mass is 238 g/mol. The molecule has 2 N–H and O–H groups in total. The largest absolute Gasteiger partial charge is 0.324 e. The second kappa shape index (κ2) is 4.58. The molecule has 90 valence electrons. The van der Waals surface area contributed by atoms with Gasteiger partial charge in [-0.05, 0) is 25.1 Å². The quantitative estimate of drug-likeness (QED) is 0.885. The summed E-state index contributed by atoms with van der Waals surface area (Å²) in [6, 6.07) is 3.24. The number of nitrogens with zero attached hydrogens (tertiary/aromatic N) is 3. The summed E-state index contributed by atoms with van der Waals surface area (Å²) >= 11 is 0. The molecule has 6 heteroatoms. The van der Waals surface area contributed by atoms with Crippen LogP contribution in [0.5, 0.6) is 0 Å². The average molecular weight is 238 g/mol. The zero-order valence-corrected chi connectivity index (χ0v) is 9.32. The van der Waals surface area contributed by atoms with Gasteiger partial charge in [0.1, 0.15) is 17.5 Å². The minimum absolute atomic E-state index is 0.0963. The van der Waals surface area contributed by atoms with E-state index >= 15 is 0 Å². The van der Waals surface area contributed by atoms with Crippen molar-refractivity contribution in [1.29, 1.82) is 0 Å². The van der Waals surface area contributed by atoms with Crippen LogP contribution in [0.25, 0.3) is 11.4 Å². The van der Waals surface area contributed by atoms with Gasteiger partial charge < -0.3 is 10.3 Å². The van der Waals surface area contributed by atoms with E-state index in [1.165, 1.54) is 0 Å². The molecule has 0 amide bonds. The van der Waals surface area contributed by atoms with E-state index in [-0.39, 0.29) is 12.1 Å². The van der Waals surface area contributed by atoms with Crippen molar-refractivity contribution in [2.24, 2.45) is 5.73 Å². The van der Waals surface area contributed by atoms with Crippen molar-refractivity contribution in [2.75, 3.05) is 0 Å². The summed E-state index contributed by atoms with van der Waals surface area (Å²) < 4.78 is 28.4. The van der Waals surface area contributed by atoms with Gasteiger partial charge in [-0.15, -0.1) is 10.2 Å². The fourth-order valence-electron chi connectivity index (χ4n) is 1.69. The number of halogens is 2. The summed E-state index contributed by atoms with van der Waals surface area (Å²) in [7, 11) is 0. The molecule has 0 saturated carbocycles. The molecule has 17 heavy (non-hydrogen) atoms. The number of aromatic nitrogens is 3. The third-order valence-corrected chi connectivity index (χ3v) is 2.50. The lowest BCUT2D eigenvalue weighted by Gasteiger charge is -2.07. The Balaban J connectivity index is 2.59. The first-order chi connectivity index (χ1) is 8.17. The second-order valence-corrected chi connectivity index (χ2v) is 3.51. The minimum Gasteiger partial charge on any atom is -0.324 e. The Labute approximate surface area is 97.1 Å². The van der Waals surface area contributed by atoms with Crippen molar-refractivity contribution in [3.05, 3.63) is 35.7 Å². The van der Waals surface area contributed by atoms with Crippen molar-refractivity contribution < 1.29 is 8.78 Å². The third-order valence-electron chi connectivity index (χ3n) is 2.50.